The number of amides is 6. The first-order valence-corrected chi connectivity index (χ1v) is 28.0. The van der Waals surface area contributed by atoms with Crippen molar-refractivity contribution in [1.82, 2.24) is 34.8 Å². The number of likely N-dealkylation sites (N-methyl/N-ethyl adjacent to an activating group) is 3. The Kier molecular flexibility index (Phi) is 25.2. The average molecular weight is 1130 g/mol. The molecule has 7 N–H and O–H groups in total. The van der Waals surface area contributed by atoms with Gasteiger partial charge in [0.25, 0.3) is 17.7 Å². The van der Waals surface area contributed by atoms with Gasteiger partial charge >= 0.3 is 6.03 Å². The van der Waals surface area contributed by atoms with Crippen LogP contribution in [0.2, 0.25) is 0 Å². The number of aliphatic hydroxyl groups is 5. The highest BCUT2D eigenvalue weighted by Gasteiger charge is 2.32. The molecule has 1 fully saturated rings. The van der Waals surface area contributed by atoms with E-state index in [1.807, 2.05) is 30.3 Å². The summed E-state index contributed by atoms with van der Waals surface area (Å²) in [6.07, 6.45) is -2.25. The van der Waals surface area contributed by atoms with Gasteiger partial charge in [-0.05, 0) is 92.8 Å². The van der Waals surface area contributed by atoms with E-state index >= 15 is 0 Å². The van der Waals surface area contributed by atoms with Crippen molar-refractivity contribution in [2.45, 2.75) is 70.0 Å². The number of urea groups is 1. The zero-order chi connectivity index (χ0) is 58.4. The van der Waals surface area contributed by atoms with Crippen LogP contribution >= 0.6 is 0 Å². The van der Waals surface area contributed by atoms with Crippen LogP contribution in [-0.4, -0.2) is 242 Å². The first-order valence-electron chi connectivity index (χ1n) is 28.0. The Balaban J connectivity index is 0.888. The Morgan fingerprint density at radius 3 is 2.09 bits per heavy atom. The van der Waals surface area contributed by atoms with Gasteiger partial charge in [-0.15, -0.1) is 0 Å². The Labute approximate surface area is 475 Å². The van der Waals surface area contributed by atoms with Crippen LogP contribution < -0.4 is 15.5 Å². The van der Waals surface area contributed by atoms with Crippen molar-refractivity contribution >= 4 is 41.0 Å². The third-order valence-electron chi connectivity index (χ3n) is 14.8. The van der Waals surface area contributed by atoms with Gasteiger partial charge in [0.2, 0.25) is 5.91 Å². The molecule has 2 aliphatic rings. The van der Waals surface area contributed by atoms with Crippen LogP contribution in [0.3, 0.4) is 0 Å². The second-order valence-electron chi connectivity index (χ2n) is 20.4. The fourth-order valence-electron chi connectivity index (χ4n) is 9.75. The van der Waals surface area contributed by atoms with E-state index in [1.165, 1.54) is 17.5 Å². The first-order chi connectivity index (χ1) is 39.0. The van der Waals surface area contributed by atoms with Crippen molar-refractivity contribution in [2.24, 2.45) is 0 Å². The molecule has 0 bridgehead atoms. The van der Waals surface area contributed by atoms with Gasteiger partial charge in [-0.25, -0.2) is 4.79 Å². The zero-order valence-corrected chi connectivity index (χ0v) is 47.5. The van der Waals surface area contributed by atoms with E-state index in [0.717, 1.165) is 43.6 Å². The van der Waals surface area contributed by atoms with E-state index in [9.17, 15) is 44.4 Å². The van der Waals surface area contributed by atoms with Crippen molar-refractivity contribution < 1.29 is 63.7 Å². The van der Waals surface area contributed by atoms with E-state index in [0.29, 0.717) is 99.3 Å². The molecule has 0 radical (unpaired) electrons. The number of rotatable bonds is 30. The Morgan fingerprint density at radius 1 is 0.704 bits per heavy atom. The van der Waals surface area contributed by atoms with Crippen molar-refractivity contribution in [2.75, 3.05) is 143 Å². The maximum absolute atomic E-state index is 14.0. The van der Waals surface area contributed by atoms with Gasteiger partial charge < -0.3 is 74.9 Å². The van der Waals surface area contributed by atoms with Crippen LogP contribution in [0.25, 0.3) is 11.3 Å². The largest absolute Gasteiger partial charge is 0.394 e. The molecule has 0 spiro atoms. The molecule has 1 aromatic heterocycles. The predicted octanol–water partition coefficient (Wildman–Crippen LogP) is 2.73. The highest BCUT2D eigenvalue weighted by Crippen LogP contribution is 2.33. The number of ether oxygens (including phenoxy) is 3. The molecule has 1 aliphatic heterocycles. The molecule has 4 aromatic rings. The number of benzene rings is 3. The molecule has 81 heavy (non-hydrogen) atoms. The molecule has 22 nitrogen and oxygen atoms in total. The first kappa shape index (κ1) is 63.6. The second-order valence-corrected chi connectivity index (χ2v) is 20.4. The summed E-state index contributed by atoms with van der Waals surface area (Å²) >= 11 is 0. The predicted molar refractivity (Wildman–Crippen MR) is 306 cm³/mol. The summed E-state index contributed by atoms with van der Waals surface area (Å²) in [5.74, 6) is -1.20. The molecule has 5 atom stereocenters. The number of nitrogens with one attached hydrogen (secondary N) is 2. The van der Waals surface area contributed by atoms with E-state index in [1.54, 1.807) is 71.4 Å². The van der Waals surface area contributed by atoms with Gasteiger partial charge in [0, 0.05) is 121 Å². The van der Waals surface area contributed by atoms with Gasteiger partial charge in [-0.3, -0.25) is 29.1 Å². The lowest BCUT2D eigenvalue weighted by Gasteiger charge is -2.37. The second kappa shape index (κ2) is 32.1. The van der Waals surface area contributed by atoms with Crippen molar-refractivity contribution in [3.63, 3.8) is 0 Å². The van der Waals surface area contributed by atoms with Gasteiger partial charge in [-0.2, -0.15) is 0 Å². The lowest BCUT2D eigenvalue weighted by Crippen LogP contribution is -2.53. The normalized spacial score (nSPS) is 15.9. The summed E-state index contributed by atoms with van der Waals surface area (Å²) in [5, 5.41) is 54.5. The number of carbonyl (C=O) groups excluding carboxylic acids is 5. The number of carbonyl (C=O) groups is 5. The molecule has 22 heteroatoms. The lowest BCUT2D eigenvalue weighted by atomic mass is 9.87. The SMILES string of the molecule is CCN(CC)c1ccc(NC(=O)c2cccc(C(=O)N(C)CCN3CCN(C(=O)N(C)CCOCCOCCOCCC(=O)N(C)C[C@H](O)[C@@H](O)[C@H](O)[C@H](O)CO)CC3)c2)c(-c2cc(C(=O)N[C@H]3CCCc4ccccc43)ccn2)c1. The third-order valence-corrected chi connectivity index (χ3v) is 14.8. The van der Waals surface area contributed by atoms with Gasteiger partial charge in [0.05, 0.1) is 70.1 Å². The van der Waals surface area contributed by atoms with E-state index in [4.69, 9.17) is 19.3 Å². The summed E-state index contributed by atoms with van der Waals surface area (Å²) < 4.78 is 16.6. The van der Waals surface area contributed by atoms with Crippen LogP contribution in [0.5, 0.6) is 0 Å². The van der Waals surface area contributed by atoms with Crippen LogP contribution in [0, 0.1) is 0 Å². The van der Waals surface area contributed by atoms with E-state index in [2.05, 4.69) is 51.4 Å². The molecule has 6 amide bonds. The molecule has 1 aliphatic carbocycles. The van der Waals surface area contributed by atoms with Gasteiger partial charge in [-0.1, -0.05) is 30.3 Å². The molecule has 0 saturated carbocycles. The zero-order valence-electron chi connectivity index (χ0n) is 47.5. The van der Waals surface area contributed by atoms with Crippen LogP contribution in [-0.2, 0) is 25.4 Å². The van der Waals surface area contributed by atoms with E-state index < -0.39 is 36.9 Å². The quantitative estimate of drug-likeness (QED) is 0.0370. The maximum Gasteiger partial charge on any atom is 0.319 e. The Hall–Kier alpha value is -6.60. The summed E-state index contributed by atoms with van der Waals surface area (Å²) in [7, 11) is 4.88. The number of aryl methyl sites for hydroxylation is 1. The topological polar surface area (TPSA) is 271 Å². The minimum absolute atomic E-state index is 0.00438. The molecule has 6 rings (SSSR count). The number of anilines is 2. The molecule has 2 heterocycles. The number of piperazine rings is 1. The third kappa shape index (κ3) is 18.5. The molecule has 0 unspecified atom stereocenters. The van der Waals surface area contributed by atoms with Crippen LogP contribution in [0.15, 0.2) is 85.1 Å². The maximum atomic E-state index is 14.0. The van der Waals surface area contributed by atoms with Gasteiger partial charge in [0.15, 0.2) is 0 Å². The number of hydrogen-bond donors (Lipinski definition) is 7. The highest BCUT2D eigenvalue weighted by atomic mass is 16.5. The number of aromatic nitrogens is 1. The summed E-state index contributed by atoms with van der Waals surface area (Å²) in [6, 6.07) is 23.9. The number of aliphatic hydroxyl groups excluding tert-OH is 5. The fraction of sp³-hybridized carbons (Fsp3) is 0.525. The standard InChI is InChI=1S/C59H83N9O13/c1-6-67(7-2)45-18-19-49(47(38-45)50-37-43(20-22-60-50)57(76)61-48-17-11-13-41-12-8-9-16-46(41)48)62-56(75)42-14-10-15-44(36-42)58(77)63(3)23-24-66-25-27-68(28-26-66)59(78)64(4)29-31-80-33-35-81-34-32-79-30-21-53(72)65(5)39-51(70)54(73)55(74)52(71)40-69/h8-10,12,14-16,18-20,22,36-38,48,51-52,54-55,69-71,73-74H,6-7,11,13,17,21,23-35,39-40H2,1-5H3,(H,61,76)(H,62,75)/t48-,51-,52+,54+,55+/m0/s1. The van der Waals surface area contributed by atoms with E-state index in [-0.39, 0.29) is 62.6 Å². The van der Waals surface area contributed by atoms with Crippen LogP contribution in [0.4, 0.5) is 16.2 Å². The molecule has 3 aromatic carbocycles. The molecule has 1 saturated heterocycles. The van der Waals surface area contributed by atoms with Crippen molar-refractivity contribution in [3.8, 4) is 11.3 Å². The van der Waals surface area contributed by atoms with Crippen molar-refractivity contribution in [3.05, 3.63) is 113 Å². The summed E-state index contributed by atoms with van der Waals surface area (Å²) in [6.45, 7) is 9.88. The number of pyridine rings is 1. The Morgan fingerprint density at radius 2 is 1.37 bits per heavy atom. The number of hydrogen-bond acceptors (Lipinski definition) is 16. The van der Waals surface area contributed by atoms with Crippen molar-refractivity contribution in [1.29, 1.82) is 0 Å². The van der Waals surface area contributed by atoms with Gasteiger partial charge in [0.1, 0.15) is 24.4 Å². The summed E-state index contributed by atoms with van der Waals surface area (Å²) in [5.41, 5.74) is 6.17. The lowest BCUT2D eigenvalue weighted by molar-refractivity contribution is -0.139. The molecule has 442 valence electrons. The fourth-order valence-corrected chi connectivity index (χ4v) is 9.75. The number of fused-ring (bicyclic) bond motifs is 1. The summed E-state index contributed by atoms with van der Waals surface area (Å²) in [4.78, 5) is 82.4. The Bertz CT molecular complexity index is 2670. The molecular formula is C59H83N9O13. The van der Waals surface area contributed by atoms with Crippen LogP contribution in [0.1, 0.15) is 81.4 Å². The minimum Gasteiger partial charge on any atom is -0.394 e. The smallest absolute Gasteiger partial charge is 0.319 e. The number of nitrogens with zero attached hydrogens (tertiary/aromatic N) is 7. The highest BCUT2D eigenvalue weighted by molar-refractivity contribution is 6.08. The minimum atomic E-state index is -1.77. The monoisotopic (exact) mass is 1130 g/mol. The molecular weight excluding hydrogens is 1040 g/mol. The average Bonchev–Trinajstić information content (AvgIpc) is 3.51.